The van der Waals surface area contributed by atoms with E-state index in [9.17, 15) is 4.79 Å². The first kappa shape index (κ1) is 19.4. The number of thioether (sulfide) groups is 1. The molecule has 0 aliphatic rings. The number of carbonyl (C=O) groups is 1. The molecule has 0 spiro atoms. The van der Waals surface area contributed by atoms with Crippen LogP contribution in [0.25, 0.3) is 5.69 Å². The van der Waals surface area contributed by atoms with Gasteiger partial charge in [0.05, 0.1) is 5.75 Å². The van der Waals surface area contributed by atoms with Gasteiger partial charge in [-0.05, 0) is 59.7 Å². The third-order valence-corrected chi connectivity index (χ3v) is 5.65. The topological polar surface area (TPSA) is 52.7 Å². The van der Waals surface area contributed by atoms with E-state index in [-0.39, 0.29) is 5.78 Å². The molecule has 2 heterocycles. The zero-order chi connectivity index (χ0) is 19.7. The number of hydrogen-bond donors (Lipinski definition) is 0. The molecule has 0 aliphatic heterocycles. The molecule has 0 saturated heterocycles. The Labute approximate surface area is 164 Å². The molecule has 5 nitrogen and oxygen atoms in total. The molecule has 0 amide bonds. The van der Waals surface area contributed by atoms with E-state index in [0.29, 0.717) is 11.8 Å². The fourth-order valence-electron chi connectivity index (χ4n) is 3.49. The van der Waals surface area contributed by atoms with E-state index in [1.165, 1.54) is 17.3 Å². The summed E-state index contributed by atoms with van der Waals surface area (Å²) >= 11 is 1.43. The Morgan fingerprint density at radius 3 is 2.33 bits per heavy atom. The minimum absolute atomic E-state index is 0.121. The van der Waals surface area contributed by atoms with Gasteiger partial charge >= 0.3 is 0 Å². The molecule has 3 rings (SSSR count). The van der Waals surface area contributed by atoms with Crippen molar-refractivity contribution in [3.8, 4) is 5.69 Å². The Balaban J connectivity index is 1.81. The second-order valence-corrected chi connectivity index (χ2v) is 8.10. The van der Waals surface area contributed by atoms with Crippen molar-refractivity contribution in [3.63, 3.8) is 0 Å². The Morgan fingerprint density at radius 1 is 1.07 bits per heavy atom. The molecule has 2 aromatic heterocycles. The quantitative estimate of drug-likeness (QED) is 0.451. The summed E-state index contributed by atoms with van der Waals surface area (Å²) in [7, 11) is 0. The van der Waals surface area contributed by atoms with Gasteiger partial charge in [-0.25, -0.2) is 0 Å². The van der Waals surface area contributed by atoms with Gasteiger partial charge in [-0.2, -0.15) is 0 Å². The maximum Gasteiger partial charge on any atom is 0.196 e. The minimum atomic E-state index is 0.121. The average Bonchev–Trinajstić information content (AvgIpc) is 3.13. The minimum Gasteiger partial charge on any atom is -0.346 e. The summed E-state index contributed by atoms with van der Waals surface area (Å²) in [6, 6.07) is 10.6. The lowest BCUT2D eigenvalue weighted by atomic mass is 10.2. The summed E-state index contributed by atoms with van der Waals surface area (Å²) in [4.78, 5) is 12.8. The Hall–Kier alpha value is -2.34. The third-order valence-electron chi connectivity index (χ3n) is 4.72. The first-order valence-corrected chi connectivity index (χ1v) is 10.1. The highest BCUT2D eigenvalue weighted by atomic mass is 32.2. The van der Waals surface area contributed by atoms with Gasteiger partial charge in [-0.3, -0.25) is 9.36 Å². The van der Waals surface area contributed by atoms with E-state index < -0.39 is 0 Å². The fourth-order valence-corrected chi connectivity index (χ4v) is 4.37. The van der Waals surface area contributed by atoms with Gasteiger partial charge in [0.25, 0.3) is 0 Å². The lowest BCUT2D eigenvalue weighted by Gasteiger charge is -2.13. The number of Topliss-reactive ketones (excluding diaryl/α,β-unsaturated/α-hetero) is 1. The first-order chi connectivity index (χ1) is 12.8. The van der Waals surface area contributed by atoms with Crippen LogP contribution in [0.2, 0.25) is 0 Å². The molecule has 0 fully saturated rings. The molecule has 0 saturated carbocycles. The van der Waals surface area contributed by atoms with Crippen molar-refractivity contribution in [2.75, 3.05) is 5.75 Å². The van der Waals surface area contributed by atoms with Gasteiger partial charge < -0.3 is 4.57 Å². The molecule has 3 aromatic rings. The van der Waals surface area contributed by atoms with Crippen LogP contribution in [0.5, 0.6) is 0 Å². The highest BCUT2D eigenvalue weighted by Gasteiger charge is 2.19. The summed E-state index contributed by atoms with van der Waals surface area (Å²) in [6.07, 6.45) is 0. The van der Waals surface area contributed by atoms with Crippen LogP contribution in [-0.2, 0) is 0 Å². The van der Waals surface area contributed by atoms with Crippen molar-refractivity contribution in [2.24, 2.45) is 0 Å². The highest BCUT2D eigenvalue weighted by molar-refractivity contribution is 7.99. The van der Waals surface area contributed by atoms with E-state index >= 15 is 0 Å². The van der Waals surface area contributed by atoms with Crippen LogP contribution in [0.1, 0.15) is 53.0 Å². The van der Waals surface area contributed by atoms with Crippen molar-refractivity contribution in [2.45, 2.75) is 52.7 Å². The largest absolute Gasteiger partial charge is 0.346 e. The molecule has 0 atom stereocenters. The number of ketones is 1. The third kappa shape index (κ3) is 3.86. The first-order valence-electron chi connectivity index (χ1n) is 9.13. The molecular weight excluding hydrogens is 356 g/mol. The highest BCUT2D eigenvalue weighted by Crippen LogP contribution is 2.25. The molecule has 0 aliphatic carbocycles. The van der Waals surface area contributed by atoms with Gasteiger partial charge in [0, 0.05) is 28.7 Å². The van der Waals surface area contributed by atoms with E-state index in [2.05, 4.69) is 47.7 Å². The number of hydrogen-bond acceptors (Lipinski definition) is 4. The lowest BCUT2D eigenvalue weighted by molar-refractivity contribution is 0.102. The lowest BCUT2D eigenvalue weighted by Crippen LogP contribution is -2.09. The molecule has 0 bridgehead atoms. The molecule has 0 unspecified atom stereocenters. The normalized spacial score (nSPS) is 11.4. The van der Waals surface area contributed by atoms with Gasteiger partial charge in [0.15, 0.2) is 10.9 Å². The second kappa shape index (κ2) is 7.72. The van der Waals surface area contributed by atoms with E-state index in [1.54, 1.807) is 0 Å². The Kier molecular flexibility index (Phi) is 5.56. The maximum absolute atomic E-state index is 12.8. The predicted octanol–water partition coefficient (Wildman–Crippen LogP) is 4.86. The molecular formula is C21H26N4OS. The van der Waals surface area contributed by atoms with Crippen LogP contribution in [0, 0.1) is 27.7 Å². The zero-order valence-electron chi connectivity index (χ0n) is 16.8. The van der Waals surface area contributed by atoms with Crippen LogP contribution in [0.4, 0.5) is 0 Å². The Bertz CT molecular complexity index is 967. The van der Waals surface area contributed by atoms with E-state index in [4.69, 9.17) is 0 Å². The van der Waals surface area contributed by atoms with E-state index in [1.807, 2.05) is 43.5 Å². The number of aryl methyl sites for hydroxylation is 3. The predicted molar refractivity (Wildman–Crippen MR) is 110 cm³/mol. The number of carbonyl (C=O) groups excluding carboxylic acids is 1. The monoisotopic (exact) mass is 382 g/mol. The van der Waals surface area contributed by atoms with Crippen molar-refractivity contribution >= 4 is 17.5 Å². The molecule has 0 radical (unpaired) electrons. The summed E-state index contributed by atoms with van der Waals surface area (Å²) in [6.45, 7) is 12.3. The smallest absolute Gasteiger partial charge is 0.196 e. The number of nitrogens with zero attached hydrogens (tertiary/aromatic N) is 4. The van der Waals surface area contributed by atoms with Crippen LogP contribution in [0.3, 0.4) is 0 Å². The summed E-state index contributed by atoms with van der Waals surface area (Å²) in [5.74, 6) is 1.27. The van der Waals surface area contributed by atoms with E-state index in [0.717, 1.165) is 33.6 Å². The standard InChI is InChI=1S/C21H26N4OS/c1-13(2)24-15(4)11-19(16(24)5)20(26)12-27-21-23-22-17(6)25(21)18-9-7-14(3)8-10-18/h7-11,13H,12H2,1-6H3. The summed E-state index contributed by atoms with van der Waals surface area (Å²) in [5.41, 5.74) is 5.16. The summed E-state index contributed by atoms with van der Waals surface area (Å²) < 4.78 is 4.20. The van der Waals surface area contributed by atoms with Crippen LogP contribution >= 0.6 is 11.8 Å². The van der Waals surface area contributed by atoms with Crippen molar-refractivity contribution < 1.29 is 4.79 Å². The van der Waals surface area contributed by atoms with Gasteiger partial charge in [0.1, 0.15) is 5.82 Å². The molecule has 0 N–H and O–H groups in total. The van der Waals surface area contributed by atoms with Crippen molar-refractivity contribution in [1.82, 2.24) is 19.3 Å². The van der Waals surface area contributed by atoms with Gasteiger partial charge in [-0.1, -0.05) is 29.5 Å². The Morgan fingerprint density at radius 2 is 1.74 bits per heavy atom. The van der Waals surface area contributed by atoms with Crippen molar-refractivity contribution in [3.05, 3.63) is 58.7 Å². The number of benzene rings is 1. The SMILES string of the molecule is Cc1ccc(-n2c(C)nnc2SCC(=O)c2cc(C)n(C(C)C)c2C)cc1. The second-order valence-electron chi connectivity index (χ2n) is 7.16. The molecule has 6 heteroatoms. The number of aromatic nitrogens is 4. The van der Waals surface area contributed by atoms with Crippen LogP contribution in [0.15, 0.2) is 35.5 Å². The molecule has 142 valence electrons. The van der Waals surface area contributed by atoms with Crippen LogP contribution < -0.4 is 0 Å². The number of rotatable bonds is 6. The average molecular weight is 383 g/mol. The zero-order valence-corrected chi connectivity index (χ0v) is 17.6. The van der Waals surface area contributed by atoms with Crippen molar-refractivity contribution in [1.29, 1.82) is 0 Å². The van der Waals surface area contributed by atoms with Gasteiger partial charge in [0.2, 0.25) is 0 Å². The van der Waals surface area contributed by atoms with Crippen LogP contribution in [-0.4, -0.2) is 30.9 Å². The summed E-state index contributed by atoms with van der Waals surface area (Å²) in [5, 5.41) is 9.21. The molecule has 27 heavy (non-hydrogen) atoms. The maximum atomic E-state index is 12.8. The molecule has 1 aromatic carbocycles. The van der Waals surface area contributed by atoms with Gasteiger partial charge in [-0.15, -0.1) is 10.2 Å². The fraction of sp³-hybridized carbons (Fsp3) is 0.381.